The monoisotopic (exact) mass is 416 g/mol. The number of anilines is 2. The van der Waals surface area contributed by atoms with E-state index in [1.807, 2.05) is 13.0 Å². The van der Waals surface area contributed by atoms with Crippen LogP contribution in [0.1, 0.15) is 21.5 Å². The van der Waals surface area contributed by atoms with Crippen LogP contribution in [0, 0.1) is 25.5 Å². The molecule has 0 saturated carbocycles. The molecule has 29 heavy (non-hydrogen) atoms. The van der Waals surface area contributed by atoms with E-state index in [1.54, 1.807) is 31.2 Å². The van der Waals surface area contributed by atoms with Crippen LogP contribution in [0.2, 0.25) is 0 Å². The lowest BCUT2D eigenvalue weighted by Crippen LogP contribution is -2.16. The smallest absolute Gasteiger partial charge is 0.262 e. The Bertz CT molecular complexity index is 1190. The van der Waals surface area contributed by atoms with Gasteiger partial charge in [0.1, 0.15) is 0 Å². The molecule has 150 valence electrons. The second-order valence-corrected chi connectivity index (χ2v) is 8.19. The fraction of sp³-hybridized carbons (Fsp3) is 0.0952. The molecule has 3 rings (SSSR count). The lowest BCUT2D eigenvalue weighted by molar-refractivity contribution is 0.102. The number of hydrogen-bond donors (Lipinski definition) is 2. The van der Waals surface area contributed by atoms with Crippen molar-refractivity contribution in [1.82, 2.24) is 0 Å². The van der Waals surface area contributed by atoms with Crippen molar-refractivity contribution in [2.75, 3.05) is 10.0 Å². The minimum absolute atomic E-state index is 0.0120. The van der Waals surface area contributed by atoms with Gasteiger partial charge in [-0.15, -0.1) is 0 Å². The van der Waals surface area contributed by atoms with E-state index >= 15 is 0 Å². The van der Waals surface area contributed by atoms with Gasteiger partial charge in [0.05, 0.1) is 4.90 Å². The summed E-state index contributed by atoms with van der Waals surface area (Å²) in [6.07, 6.45) is 0. The summed E-state index contributed by atoms with van der Waals surface area (Å²) < 4.78 is 54.5. The van der Waals surface area contributed by atoms with Crippen LogP contribution < -0.4 is 10.0 Å². The number of hydrogen-bond acceptors (Lipinski definition) is 3. The summed E-state index contributed by atoms with van der Waals surface area (Å²) in [4.78, 5) is 12.3. The molecule has 0 aliphatic heterocycles. The van der Waals surface area contributed by atoms with Crippen LogP contribution in [-0.4, -0.2) is 14.3 Å². The normalized spacial score (nSPS) is 11.2. The van der Waals surface area contributed by atoms with Crippen LogP contribution in [0.5, 0.6) is 0 Å². The highest BCUT2D eigenvalue weighted by molar-refractivity contribution is 7.92. The SMILES string of the molecule is Cc1cccc(NS(=O)(=O)c2cc(NC(=O)c3ccc(F)c(F)c3)ccc2C)c1. The minimum Gasteiger partial charge on any atom is -0.322 e. The summed E-state index contributed by atoms with van der Waals surface area (Å²) in [7, 11) is -3.91. The molecule has 5 nitrogen and oxygen atoms in total. The topological polar surface area (TPSA) is 75.3 Å². The molecule has 0 aliphatic carbocycles. The van der Waals surface area contributed by atoms with E-state index in [9.17, 15) is 22.0 Å². The van der Waals surface area contributed by atoms with E-state index in [0.717, 1.165) is 23.8 Å². The van der Waals surface area contributed by atoms with E-state index in [-0.39, 0.29) is 16.1 Å². The number of aryl methyl sites for hydroxylation is 2. The molecule has 8 heteroatoms. The van der Waals surface area contributed by atoms with Crippen LogP contribution in [0.15, 0.2) is 65.6 Å². The van der Waals surface area contributed by atoms with Gasteiger partial charge in [0.15, 0.2) is 11.6 Å². The van der Waals surface area contributed by atoms with Gasteiger partial charge in [0.25, 0.3) is 15.9 Å². The minimum atomic E-state index is -3.91. The van der Waals surface area contributed by atoms with Crippen LogP contribution in [0.4, 0.5) is 20.2 Å². The molecular weight excluding hydrogens is 398 g/mol. The van der Waals surface area contributed by atoms with Crippen LogP contribution in [0.3, 0.4) is 0 Å². The molecule has 0 atom stereocenters. The van der Waals surface area contributed by atoms with Gasteiger partial charge in [0, 0.05) is 16.9 Å². The number of carbonyl (C=O) groups is 1. The fourth-order valence-electron chi connectivity index (χ4n) is 2.73. The van der Waals surface area contributed by atoms with Crippen LogP contribution in [0.25, 0.3) is 0 Å². The third-order valence-corrected chi connectivity index (χ3v) is 5.71. The van der Waals surface area contributed by atoms with Gasteiger partial charge in [-0.05, 0) is 67.4 Å². The third-order valence-electron chi connectivity index (χ3n) is 4.19. The summed E-state index contributed by atoms with van der Waals surface area (Å²) in [5, 5.41) is 2.50. The van der Waals surface area contributed by atoms with Gasteiger partial charge in [-0.1, -0.05) is 18.2 Å². The average Bonchev–Trinajstić information content (AvgIpc) is 2.65. The molecule has 1 amide bonds. The summed E-state index contributed by atoms with van der Waals surface area (Å²) in [6, 6.07) is 14.1. The maximum absolute atomic E-state index is 13.3. The third kappa shape index (κ3) is 4.78. The van der Waals surface area contributed by atoms with Crippen molar-refractivity contribution in [2.24, 2.45) is 0 Å². The van der Waals surface area contributed by atoms with Gasteiger partial charge in [0.2, 0.25) is 0 Å². The van der Waals surface area contributed by atoms with Gasteiger partial charge >= 0.3 is 0 Å². The van der Waals surface area contributed by atoms with E-state index in [0.29, 0.717) is 11.3 Å². The summed E-state index contributed by atoms with van der Waals surface area (Å²) in [6.45, 7) is 3.48. The Kier molecular flexibility index (Phi) is 5.65. The molecule has 3 aromatic rings. The predicted octanol–water partition coefficient (Wildman–Crippen LogP) is 4.63. The predicted molar refractivity (Wildman–Crippen MR) is 107 cm³/mol. The summed E-state index contributed by atoms with van der Waals surface area (Å²) in [5.41, 5.74) is 1.91. The number of rotatable bonds is 5. The van der Waals surface area contributed by atoms with Crippen molar-refractivity contribution < 1.29 is 22.0 Å². The van der Waals surface area contributed by atoms with E-state index < -0.39 is 27.6 Å². The van der Waals surface area contributed by atoms with E-state index in [1.165, 1.54) is 12.1 Å². The lowest BCUT2D eigenvalue weighted by atomic mass is 10.2. The zero-order valence-corrected chi connectivity index (χ0v) is 16.5. The molecule has 3 aromatic carbocycles. The first-order chi connectivity index (χ1) is 13.7. The van der Waals surface area contributed by atoms with Crippen LogP contribution >= 0.6 is 0 Å². The van der Waals surface area contributed by atoms with Crippen molar-refractivity contribution in [1.29, 1.82) is 0 Å². The zero-order valence-electron chi connectivity index (χ0n) is 15.7. The molecule has 0 radical (unpaired) electrons. The highest BCUT2D eigenvalue weighted by atomic mass is 32.2. The number of carbonyl (C=O) groups excluding carboxylic acids is 1. The number of amides is 1. The van der Waals surface area contributed by atoms with Crippen molar-refractivity contribution in [2.45, 2.75) is 18.7 Å². The molecule has 0 aliphatic rings. The number of sulfonamides is 1. The average molecular weight is 416 g/mol. The second-order valence-electron chi connectivity index (χ2n) is 6.54. The van der Waals surface area contributed by atoms with Crippen LogP contribution in [-0.2, 0) is 10.0 Å². The Morgan fingerprint density at radius 2 is 1.62 bits per heavy atom. The molecular formula is C21H18F2N2O3S. The molecule has 0 spiro atoms. The zero-order chi connectivity index (χ0) is 21.2. The first-order valence-electron chi connectivity index (χ1n) is 8.62. The van der Waals surface area contributed by atoms with Crippen molar-refractivity contribution in [3.8, 4) is 0 Å². The number of halogens is 2. The first kappa shape index (κ1) is 20.5. The molecule has 0 heterocycles. The molecule has 2 N–H and O–H groups in total. The van der Waals surface area contributed by atoms with Gasteiger partial charge in [-0.2, -0.15) is 0 Å². The first-order valence-corrected chi connectivity index (χ1v) is 10.1. The Labute approximate surface area is 167 Å². The van der Waals surface area contributed by atoms with E-state index in [2.05, 4.69) is 10.0 Å². The summed E-state index contributed by atoms with van der Waals surface area (Å²) in [5.74, 6) is -2.90. The highest BCUT2D eigenvalue weighted by Gasteiger charge is 2.19. The Morgan fingerprint density at radius 1 is 0.862 bits per heavy atom. The Morgan fingerprint density at radius 3 is 2.31 bits per heavy atom. The number of nitrogens with one attached hydrogen (secondary N) is 2. The van der Waals surface area contributed by atoms with Crippen molar-refractivity contribution in [3.63, 3.8) is 0 Å². The van der Waals surface area contributed by atoms with Gasteiger partial charge < -0.3 is 5.32 Å². The quantitative estimate of drug-likeness (QED) is 0.637. The fourth-order valence-corrected chi connectivity index (χ4v) is 4.05. The lowest BCUT2D eigenvalue weighted by Gasteiger charge is -2.13. The van der Waals surface area contributed by atoms with Crippen molar-refractivity contribution >= 4 is 27.3 Å². The molecule has 0 unspecified atom stereocenters. The Hall–Kier alpha value is -3.26. The standard InChI is InChI=1S/C21H18F2N2O3S/c1-13-4-3-5-17(10-13)25-29(27,28)20-12-16(8-6-14(20)2)24-21(26)15-7-9-18(22)19(23)11-15/h3-12,25H,1-2H3,(H,24,26). The van der Waals surface area contributed by atoms with Crippen molar-refractivity contribution in [3.05, 3.63) is 89.0 Å². The van der Waals surface area contributed by atoms with E-state index in [4.69, 9.17) is 0 Å². The molecule has 0 saturated heterocycles. The maximum atomic E-state index is 13.3. The number of benzene rings is 3. The molecule has 0 bridgehead atoms. The summed E-state index contributed by atoms with van der Waals surface area (Å²) >= 11 is 0. The second kappa shape index (κ2) is 8.00. The van der Waals surface area contributed by atoms with Gasteiger partial charge in [-0.25, -0.2) is 17.2 Å². The largest absolute Gasteiger partial charge is 0.322 e. The Balaban J connectivity index is 1.87. The van der Waals surface area contributed by atoms with Gasteiger partial charge in [-0.3, -0.25) is 9.52 Å². The molecule has 0 fully saturated rings. The highest BCUT2D eigenvalue weighted by Crippen LogP contribution is 2.24. The molecule has 0 aromatic heterocycles. The maximum Gasteiger partial charge on any atom is 0.262 e.